The van der Waals surface area contributed by atoms with Crippen LogP contribution in [0.4, 0.5) is 4.39 Å². The van der Waals surface area contributed by atoms with Crippen LogP contribution in [-0.4, -0.2) is 23.0 Å². The summed E-state index contributed by atoms with van der Waals surface area (Å²) < 4.78 is 13.9. The summed E-state index contributed by atoms with van der Waals surface area (Å²) in [5.41, 5.74) is 0.358. The Bertz CT molecular complexity index is 540. The minimum absolute atomic E-state index is 0.0107. The molecule has 0 saturated carbocycles. The minimum Gasteiger partial charge on any atom is -0.478 e. The normalized spacial score (nSPS) is 12.3. The Kier molecular flexibility index (Phi) is 6.59. The number of nitrogens with one attached hydrogen (secondary N) is 1. The topological polar surface area (TPSA) is 66.4 Å². The van der Waals surface area contributed by atoms with E-state index in [9.17, 15) is 14.0 Å². The molecule has 0 aliphatic heterocycles. The first-order valence-corrected chi connectivity index (χ1v) is 6.95. The first-order chi connectivity index (χ1) is 9.93. The molecular weight excluding hydrogens is 273 g/mol. The monoisotopic (exact) mass is 293 g/mol. The molecule has 0 aromatic heterocycles. The molecule has 1 unspecified atom stereocenters. The SMILES string of the molecule is CCCCC(C)NC(=O)c1ccc(C=CC(=O)O)cc1F. The molecule has 0 spiro atoms. The highest BCUT2D eigenvalue weighted by Gasteiger charge is 2.14. The minimum atomic E-state index is -1.11. The van der Waals surface area contributed by atoms with E-state index in [0.717, 1.165) is 31.4 Å². The zero-order chi connectivity index (χ0) is 15.8. The third-order valence-corrected chi connectivity index (χ3v) is 3.02. The molecule has 0 bridgehead atoms. The van der Waals surface area contributed by atoms with Crippen molar-refractivity contribution in [3.8, 4) is 0 Å². The Hall–Kier alpha value is -2.17. The van der Waals surface area contributed by atoms with Crippen molar-refractivity contribution in [2.75, 3.05) is 0 Å². The molecule has 114 valence electrons. The van der Waals surface area contributed by atoms with Gasteiger partial charge in [0.2, 0.25) is 0 Å². The highest BCUT2D eigenvalue weighted by molar-refractivity contribution is 5.95. The summed E-state index contributed by atoms with van der Waals surface area (Å²) in [6.07, 6.45) is 5.09. The van der Waals surface area contributed by atoms with Crippen molar-refractivity contribution in [3.63, 3.8) is 0 Å². The smallest absolute Gasteiger partial charge is 0.328 e. The fraction of sp³-hybridized carbons (Fsp3) is 0.375. The van der Waals surface area contributed by atoms with E-state index in [2.05, 4.69) is 12.2 Å². The number of amides is 1. The van der Waals surface area contributed by atoms with Crippen LogP contribution in [0.25, 0.3) is 6.08 Å². The van der Waals surface area contributed by atoms with Gasteiger partial charge in [0.1, 0.15) is 5.82 Å². The number of carbonyl (C=O) groups is 2. The van der Waals surface area contributed by atoms with E-state index in [1.165, 1.54) is 18.2 Å². The summed E-state index contributed by atoms with van der Waals surface area (Å²) in [4.78, 5) is 22.3. The van der Waals surface area contributed by atoms with Crippen molar-refractivity contribution in [2.24, 2.45) is 0 Å². The Morgan fingerprint density at radius 3 is 2.71 bits per heavy atom. The zero-order valence-electron chi connectivity index (χ0n) is 12.2. The van der Waals surface area contributed by atoms with Crippen LogP contribution in [-0.2, 0) is 4.79 Å². The molecular formula is C16H20FNO3. The van der Waals surface area contributed by atoms with E-state index in [1.807, 2.05) is 6.92 Å². The maximum atomic E-state index is 13.9. The average Bonchev–Trinajstić information content (AvgIpc) is 2.42. The van der Waals surface area contributed by atoms with E-state index in [1.54, 1.807) is 0 Å². The number of benzene rings is 1. The van der Waals surface area contributed by atoms with Gasteiger partial charge in [0.25, 0.3) is 5.91 Å². The first kappa shape index (κ1) is 16.9. The summed E-state index contributed by atoms with van der Waals surface area (Å²) in [5, 5.41) is 11.3. The van der Waals surface area contributed by atoms with E-state index < -0.39 is 17.7 Å². The van der Waals surface area contributed by atoms with E-state index in [4.69, 9.17) is 5.11 Å². The zero-order valence-corrected chi connectivity index (χ0v) is 12.2. The quantitative estimate of drug-likeness (QED) is 0.758. The van der Waals surface area contributed by atoms with Gasteiger partial charge >= 0.3 is 5.97 Å². The van der Waals surface area contributed by atoms with Crippen LogP contribution in [0, 0.1) is 5.82 Å². The predicted molar refractivity (Wildman–Crippen MR) is 79.5 cm³/mol. The molecule has 0 saturated heterocycles. The lowest BCUT2D eigenvalue weighted by Crippen LogP contribution is -2.33. The summed E-state index contributed by atoms with van der Waals surface area (Å²) in [6.45, 7) is 3.95. The summed E-state index contributed by atoms with van der Waals surface area (Å²) in [6, 6.07) is 4.00. The summed E-state index contributed by atoms with van der Waals surface area (Å²) in [5.74, 6) is -2.23. The second-order valence-electron chi connectivity index (χ2n) is 4.93. The molecule has 1 rings (SSSR count). The van der Waals surface area contributed by atoms with Crippen LogP contribution in [0.1, 0.15) is 49.0 Å². The molecule has 21 heavy (non-hydrogen) atoms. The molecule has 2 N–H and O–H groups in total. The lowest BCUT2D eigenvalue weighted by Gasteiger charge is -2.13. The Balaban J connectivity index is 2.75. The van der Waals surface area contributed by atoms with Gasteiger partial charge in [-0.05, 0) is 37.1 Å². The van der Waals surface area contributed by atoms with Crippen LogP contribution in [0.5, 0.6) is 0 Å². The van der Waals surface area contributed by atoms with Gasteiger partial charge in [0.05, 0.1) is 5.56 Å². The molecule has 0 heterocycles. The Morgan fingerprint density at radius 2 is 2.14 bits per heavy atom. The molecule has 4 nitrogen and oxygen atoms in total. The van der Waals surface area contributed by atoms with Crippen molar-refractivity contribution in [2.45, 2.75) is 39.2 Å². The van der Waals surface area contributed by atoms with Crippen LogP contribution < -0.4 is 5.32 Å². The molecule has 0 aliphatic carbocycles. The lowest BCUT2D eigenvalue weighted by atomic mass is 10.1. The molecule has 1 amide bonds. The summed E-state index contributed by atoms with van der Waals surface area (Å²) in [7, 11) is 0. The molecule has 5 heteroatoms. The van der Waals surface area contributed by atoms with Gasteiger partial charge in [-0.2, -0.15) is 0 Å². The van der Waals surface area contributed by atoms with Gasteiger partial charge in [-0.1, -0.05) is 25.8 Å². The number of carbonyl (C=O) groups excluding carboxylic acids is 1. The molecule has 1 aromatic rings. The number of unbranched alkanes of at least 4 members (excludes halogenated alkanes) is 1. The molecule has 1 aromatic carbocycles. The van der Waals surface area contributed by atoms with Gasteiger partial charge in [-0.3, -0.25) is 4.79 Å². The van der Waals surface area contributed by atoms with E-state index >= 15 is 0 Å². The number of carboxylic acids is 1. The van der Waals surface area contributed by atoms with Gasteiger partial charge in [0.15, 0.2) is 0 Å². The van der Waals surface area contributed by atoms with Gasteiger partial charge in [-0.15, -0.1) is 0 Å². The number of halogens is 1. The molecule has 0 fully saturated rings. The van der Waals surface area contributed by atoms with Gasteiger partial charge in [0, 0.05) is 12.1 Å². The largest absolute Gasteiger partial charge is 0.478 e. The molecule has 0 radical (unpaired) electrons. The number of aliphatic carboxylic acids is 1. The number of hydrogen-bond acceptors (Lipinski definition) is 2. The van der Waals surface area contributed by atoms with Crippen LogP contribution in [0.2, 0.25) is 0 Å². The second-order valence-corrected chi connectivity index (χ2v) is 4.93. The average molecular weight is 293 g/mol. The van der Waals surface area contributed by atoms with Crippen LogP contribution in [0.3, 0.4) is 0 Å². The van der Waals surface area contributed by atoms with E-state index in [-0.39, 0.29) is 11.6 Å². The number of hydrogen-bond donors (Lipinski definition) is 2. The van der Waals surface area contributed by atoms with Crippen LogP contribution >= 0.6 is 0 Å². The van der Waals surface area contributed by atoms with Crippen molar-refractivity contribution in [1.82, 2.24) is 5.32 Å². The fourth-order valence-electron chi connectivity index (χ4n) is 1.87. The van der Waals surface area contributed by atoms with Crippen LogP contribution in [0.15, 0.2) is 24.3 Å². The van der Waals surface area contributed by atoms with Crippen molar-refractivity contribution in [3.05, 3.63) is 41.2 Å². The van der Waals surface area contributed by atoms with Gasteiger partial charge < -0.3 is 10.4 Å². The number of carboxylic acid groups (broad SMARTS) is 1. The Morgan fingerprint density at radius 1 is 1.43 bits per heavy atom. The third-order valence-electron chi connectivity index (χ3n) is 3.02. The fourth-order valence-corrected chi connectivity index (χ4v) is 1.87. The van der Waals surface area contributed by atoms with Crippen molar-refractivity contribution < 1.29 is 19.1 Å². The molecule has 0 aliphatic rings. The molecule has 1 atom stereocenters. The third kappa shape index (κ3) is 5.77. The first-order valence-electron chi connectivity index (χ1n) is 6.95. The lowest BCUT2D eigenvalue weighted by molar-refractivity contribution is -0.131. The number of rotatable bonds is 7. The highest BCUT2D eigenvalue weighted by Crippen LogP contribution is 2.12. The maximum Gasteiger partial charge on any atom is 0.328 e. The summed E-state index contributed by atoms with van der Waals surface area (Å²) >= 11 is 0. The maximum absolute atomic E-state index is 13.9. The van der Waals surface area contributed by atoms with E-state index in [0.29, 0.717) is 5.56 Å². The van der Waals surface area contributed by atoms with Gasteiger partial charge in [-0.25, -0.2) is 9.18 Å². The standard InChI is InChI=1S/C16H20FNO3/c1-3-4-5-11(2)18-16(21)13-8-6-12(10-14(13)17)7-9-15(19)20/h6-11H,3-5H2,1-2H3,(H,18,21)(H,19,20). The van der Waals surface area contributed by atoms with Crippen molar-refractivity contribution in [1.29, 1.82) is 0 Å². The van der Waals surface area contributed by atoms with Crippen molar-refractivity contribution >= 4 is 18.0 Å². The highest BCUT2D eigenvalue weighted by atomic mass is 19.1. The Labute approximate surface area is 123 Å². The second kappa shape index (κ2) is 8.19. The predicted octanol–water partition coefficient (Wildman–Crippen LogP) is 3.23.